The van der Waals surface area contributed by atoms with E-state index in [0.717, 1.165) is 29.5 Å². The minimum absolute atomic E-state index is 0.125. The van der Waals surface area contributed by atoms with Gasteiger partial charge in [0.15, 0.2) is 0 Å². The summed E-state index contributed by atoms with van der Waals surface area (Å²) in [6.07, 6.45) is 4.16. The maximum Gasteiger partial charge on any atom is 0.237 e. The van der Waals surface area contributed by atoms with Crippen LogP contribution in [0.15, 0.2) is 46.2 Å². The Morgan fingerprint density at radius 3 is 2.70 bits per heavy atom. The summed E-state index contributed by atoms with van der Waals surface area (Å²) < 4.78 is 5.46. The van der Waals surface area contributed by atoms with Gasteiger partial charge in [-0.25, -0.2) is 9.97 Å². The van der Waals surface area contributed by atoms with Gasteiger partial charge in [0.2, 0.25) is 11.7 Å². The van der Waals surface area contributed by atoms with Gasteiger partial charge in [-0.1, -0.05) is 68.9 Å². The van der Waals surface area contributed by atoms with Crippen molar-refractivity contribution in [1.29, 1.82) is 0 Å². The van der Waals surface area contributed by atoms with Gasteiger partial charge in [-0.05, 0) is 29.7 Å². The Balaban J connectivity index is 1.39. The van der Waals surface area contributed by atoms with Crippen molar-refractivity contribution in [3.8, 4) is 11.4 Å². The number of hydrogen-bond donors (Lipinski definition) is 0. The summed E-state index contributed by atoms with van der Waals surface area (Å²) in [5.74, 6) is 3.52. The van der Waals surface area contributed by atoms with Gasteiger partial charge in [-0.3, -0.25) is 0 Å². The third-order valence-corrected chi connectivity index (χ3v) is 6.34. The normalized spacial score (nSPS) is 17.3. The lowest BCUT2D eigenvalue weighted by Gasteiger charge is -2.31. The van der Waals surface area contributed by atoms with Crippen LogP contribution in [0.1, 0.15) is 52.0 Å². The third kappa shape index (κ3) is 5.01. The zero-order valence-corrected chi connectivity index (χ0v) is 18.9. The van der Waals surface area contributed by atoms with E-state index in [1.165, 1.54) is 18.4 Å². The van der Waals surface area contributed by atoms with Crippen LogP contribution in [0, 0.1) is 5.92 Å². The minimum Gasteiger partial charge on any atom is -0.356 e. The molecule has 0 bridgehead atoms. The molecule has 0 N–H and O–H groups in total. The lowest BCUT2D eigenvalue weighted by atomic mass is 9.87. The van der Waals surface area contributed by atoms with Gasteiger partial charge in [0.25, 0.3) is 0 Å². The van der Waals surface area contributed by atoms with E-state index < -0.39 is 0 Å². The zero-order valence-electron chi connectivity index (χ0n) is 18.1. The maximum atomic E-state index is 5.46. The molecule has 6 nitrogen and oxygen atoms in total. The van der Waals surface area contributed by atoms with Gasteiger partial charge in [0, 0.05) is 24.7 Å². The van der Waals surface area contributed by atoms with Crippen molar-refractivity contribution >= 4 is 17.6 Å². The van der Waals surface area contributed by atoms with Crippen molar-refractivity contribution in [3.63, 3.8) is 0 Å². The van der Waals surface area contributed by atoms with Crippen LogP contribution in [0.5, 0.6) is 0 Å². The summed E-state index contributed by atoms with van der Waals surface area (Å²) in [5.41, 5.74) is 2.37. The fourth-order valence-electron chi connectivity index (χ4n) is 3.66. The van der Waals surface area contributed by atoms with Crippen LogP contribution in [-0.2, 0) is 11.2 Å². The fraction of sp³-hybridized carbons (Fsp3) is 0.478. The molecule has 158 valence electrons. The summed E-state index contributed by atoms with van der Waals surface area (Å²) in [6.45, 7) is 11.0. The Bertz CT molecular complexity index is 980. The number of piperidine rings is 1. The molecule has 0 amide bonds. The van der Waals surface area contributed by atoms with Gasteiger partial charge >= 0.3 is 0 Å². The average Bonchev–Trinajstić information content (AvgIpc) is 3.21. The quantitative estimate of drug-likeness (QED) is 0.404. The van der Waals surface area contributed by atoms with Crippen LogP contribution in [0.3, 0.4) is 0 Å². The molecular weight excluding hydrogens is 394 g/mol. The molecule has 30 heavy (non-hydrogen) atoms. The highest BCUT2D eigenvalue weighted by atomic mass is 32.2. The van der Waals surface area contributed by atoms with E-state index >= 15 is 0 Å². The SMILES string of the molecule is CC1CCCN(c2cc(SCc3nc(-c4ccc(C(C)(C)C)cc4)no3)ncn2)C1. The first-order valence-electron chi connectivity index (χ1n) is 10.5. The van der Waals surface area contributed by atoms with Gasteiger partial charge in [0.05, 0.1) is 5.75 Å². The van der Waals surface area contributed by atoms with Crippen molar-refractivity contribution < 1.29 is 4.52 Å². The molecule has 2 aromatic heterocycles. The highest BCUT2D eigenvalue weighted by Crippen LogP contribution is 2.28. The summed E-state index contributed by atoms with van der Waals surface area (Å²) in [5, 5.41) is 5.07. The number of benzene rings is 1. The van der Waals surface area contributed by atoms with Crippen molar-refractivity contribution in [2.45, 2.75) is 56.7 Å². The Kier molecular flexibility index (Phi) is 6.09. The van der Waals surface area contributed by atoms with Gasteiger partial charge < -0.3 is 9.42 Å². The Hall–Kier alpha value is -2.41. The van der Waals surface area contributed by atoms with E-state index in [1.807, 2.05) is 0 Å². The van der Waals surface area contributed by atoms with Crippen LogP contribution in [0.2, 0.25) is 0 Å². The number of rotatable bonds is 5. The molecule has 1 aliphatic rings. The standard InChI is InChI=1S/C23H29N5OS/c1-16-6-5-11-28(13-16)19-12-21(25-15-24-19)30-14-20-26-22(27-29-20)17-7-9-18(10-8-17)23(2,3)4/h7-10,12,15-16H,5-6,11,13-14H2,1-4H3. The lowest BCUT2D eigenvalue weighted by molar-refractivity contribution is 0.391. The lowest BCUT2D eigenvalue weighted by Crippen LogP contribution is -2.34. The molecule has 0 radical (unpaired) electrons. The number of anilines is 1. The molecule has 1 aromatic carbocycles. The van der Waals surface area contributed by atoms with Crippen molar-refractivity contribution in [1.82, 2.24) is 20.1 Å². The predicted octanol–water partition coefficient (Wildman–Crippen LogP) is 5.35. The molecule has 1 saturated heterocycles. The Morgan fingerprint density at radius 2 is 1.97 bits per heavy atom. The summed E-state index contributed by atoms with van der Waals surface area (Å²) in [6, 6.07) is 10.4. The first kappa shape index (κ1) is 20.8. The van der Waals surface area contributed by atoms with Crippen LogP contribution >= 0.6 is 11.8 Å². The second-order valence-electron chi connectivity index (χ2n) is 9.04. The van der Waals surface area contributed by atoms with Crippen molar-refractivity contribution in [3.05, 3.63) is 48.1 Å². The Labute approximate surface area is 182 Å². The highest BCUT2D eigenvalue weighted by Gasteiger charge is 2.18. The molecule has 1 aliphatic heterocycles. The molecule has 4 rings (SSSR count). The average molecular weight is 424 g/mol. The summed E-state index contributed by atoms with van der Waals surface area (Å²) in [4.78, 5) is 15.8. The maximum absolute atomic E-state index is 5.46. The zero-order chi connectivity index (χ0) is 21.1. The largest absolute Gasteiger partial charge is 0.356 e. The summed E-state index contributed by atoms with van der Waals surface area (Å²) >= 11 is 1.59. The van der Waals surface area contributed by atoms with E-state index in [0.29, 0.717) is 23.4 Å². The Morgan fingerprint density at radius 1 is 1.17 bits per heavy atom. The van der Waals surface area contributed by atoms with E-state index in [4.69, 9.17) is 4.52 Å². The highest BCUT2D eigenvalue weighted by molar-refractivity contribution is 7.98. The number of hydrogen-bond acceptors (Lipinski definition) is 7. The monoisotopic (exact) mass is 423 g/mol. The molecule has 0 aliphatic carbocycles. The predicted molar refractivity (Wildman–Crippen MR) is 121 cm³/mol. The van der Waals surface area contributed by atoms with E-state index in [-0.39, 0.29) is 5.41 Å². The van der Waals surface area contributed by atoms with Crippen molar-refractivity contribution in [2.24, 2.45) is 5.92 Å². The molecule has 1 atom stereocenters. The van der Waals surface area contributed by atoms with Crippen molar-refractivity contribution in [2.75, 3.05) is 18.0 Å². The molecular formula is C23H29N5OS. The second-order valence-corrected chi connectivity index (χ2v) is 10.0. The summed E-state index contributed by atoms with van der Waals surface area (Å²) in [7, 11) is 0. The molecule has 3 aromatic rings. The number of nitrogens with zero attached hydrogens (tertiary/aromatic N) is 5. The van der Waals surface area contributed by atoms with Crippen LogP contribution in [0.25, 0.3) is 11.4 Å². The van der Waals surface area contributed by atoms with E-state index in [1.54, 1.807) is 18.1 Å². The molecule has 3 heterocycles. The second kappa shape index (κ2) is 8.76. The van der Waals surface area contributed by atoms with E-state index in [2.05, 4.69) is 83.0 Å². The number of thioether (sulfide) groups is 1. The van der Waals surface area contributed by atoms with Crippen LogP contribution < -0.4 is 4.90 Å². The van der Waals surface area contributed by atoms with Crippen LogP contribution in [0.4, 0.5) is 5.82 Å². The van der Waals surface area contributed by atoms with E-state index in [9.17, 15) is 0 Å². The van der Waals surface area contributed by atoms with Gasteiger partial charge in [0.1, 0.15) is 17.2 Å². The smallest absolute Gasteiger partial charge is 0.237 e. The molecule has 0 saturated carbocycles. The van der Waals surface area contributed by atoms with Crippen LogP contribution in [-0.4, -0.2) is 33.2 Å². The van der Waals surface area contributed by atoms with Gasteiger partial charge in [-0.15, -0.1) is 0 Å². The first-order valence-corrected chi connectivity index (χ1v) is 11.5. The molecule has 0 spiro atoms. The molecule has 1 unspecified atom stereocenters. The topological polar surface area (TPSA) is 67.9 Å². The minimum atomic E-state index is 0.125. The first-order chi connectivity index (χ1) is 14.4. The fourth-order valence-corrected chi connectivity index (χ4v) is 4.36. The third-order valence-electron chi connectivity index (χ3n) is 5.43. The number of aromatic nitrogens is 4. The molecule has 1 fully saturated rings. The molecule has 7 heteroatoms. The van der Waals surface area contributed by atoms with Gasteiger partial charge in [-0.2, -0.15) is 4.98 Å².